The van der Waals surface area contributed by atoms with Gasteiger partial charge in [0.25, 0.3) is 0 Å². The first-order chi connectivity index (χ1) is 8.36. The first-order valence-electron chi connectivity index (χ1n) is 7.17. The third-order valence-electron chi connectivity index (χ3n) is 4.37. The topological polar surface area (TPSA) is 12.0 Å². The zero-order valence-corrected chi connectivity index (χ0v) is 12.5. The van der Waals surface area contributed by atoms with Crippen molar-refractivity contribution in [2.45, 2.75) is 52.0 Å². The van der Waals surface area contributed by atoms with Crippen molar-refractivity contribution >= 4 is 0 Å². The molecule has 0 saturated heterocycles. The van der Waals surface area contributed by atoms with Gasteiger partial charge in [-0.3, -0.25) is 0 Å². The fourth-order valence-corrected chi connectivity index (χ4v) is 3.17. The van der Waals surface area contributed by atoms with E-state index >= 15 is 0 Å². The lowest BCUT2D eigenvalue weighted by atomic mass is 9.82. The third-order valence-corrected chi connectivity index (χ3v) is 4.37. The number of hydrogen-bond acceptors (Lipinski definition) is 1. The smallest absolute Gasteiger partial charge is 0.00966 e. The van der Waals surface area contributed by atoms with Gasteiger partial charge in [0.1, 0.15) is 0 Å². The molecule has 0 aliphatic heterocycles. The molecule has 0 radical (unpaired) electrons. The highest BCUT2D eigenvalue weighted by Gasteiger charge is 2.56. The van der Waals surface area contributed by atoms with Gasteiger partial charge in [0.15, 0.2) is 0 Å². The monoisotopic (exact) mass is 245 g/mol. The van der Waals surface area contributed by atoms with Crippen LogP contribution in [0.25, 0.3) is 0 Å². The molecule has 0 aromatic heterocycles. The third kappa shape index (κ3) is 2.61. The van der Waals surface area contributed by atoms with E-state index < -0.39 is 0 Å². The van der Waals surface area contributed by atoms with E-state index in [0.29, 0.717) is 11.3 Å². The van der Waals surface area contributed by atoms with Gasteiger partial charge in [0.2, 0.25) is 0 Å². The van der Waals surface area contributed by atoms with E-state index in [4.69, 9.17) is 0 Å². The van der Waals surface area contributed by atoms with Crippen molar-refractivity contribution in [3.8, 4) is 0 Å². The molecule has 18 heavy (non-hydrogen) atoms. The van der Waals surface area contributed by atoms with Crippen LogP contribution in [0.2, 0.25) is 0 Å². The van der Waals surface area contributed by atoms with E-state index in [0.717, 1.165) is 12.5 Å². The van der Waals surface area contributed by atoms with Crippen LogP contribution >= 0.6 is 0 Å². The van der Waals surface area contributed by atoms with Crippen molar-refractivity contribution in [3.05, 3.63) is 35.9 Å². The lowest BCUT2D eigenvalue weighted by Gasteiger charge is -2.25. The van der Waals surface area contributed by atoms with Crippen LogP contribution in [0.3, 0.4) is 0 Å². The quantitative estimate of drug-likeness (QED) is 0.846. The van der Waals surface area contributed by atoms with E-state index in [9.17, 15) is 0 Å². The molecule has 0 bridgehead atoms. The lowest BCUT2D eigenvalue weighted by molar-refractivity contribution is 0.377. The Bertz CT molecular complexity index is 388. The van der Waals surface area contributed by atoms with Crippen molar-refractivity contribution in [1.29, 1.82) is 0 Å². The summed E-state index contributed by atoms with van der Waals surface area (Å²) in [6, 6.07) is 11.1. The Morgan fingerprint density at radius 2 is 1.83 bits per heavy atom. The van der Waals surface area contributed by atoms with Gasteiger partial charge < -0.3 is 5.32 Å². The zero-order valence-electron chi connectivity index (χ0n) is 12.5. The normalized spacial score (nSPS) is 27.6. The molecule has 2 rings (SSSR count). The standard InChI is InChI=1S/C17H27N/c1-13(2)17(14-9-7-6-8-10-14)11-15(17)12-18-16(3,4)5/h6-10,13,15,18H,11-12H2,1-5H3. The van der Waals surface area contributed by atoms with Crippen molar-refractivity contribution in [1.82, 2.24) is 5.32 Å². The van der Waals surface area contributed by atoms with Crippen LogP contribution in [0.4, 0.5) is 0 Å². The van der Waals surface area contributed by atoms with Crippen LogP contribution in [-0.4, -0.2) is 12.1 Å². The molecule has 1 fully saturated rings. The minimum Gasteiger partial charge on any atom is -0.312 e. The highest BCUT2D eigenvalue weighted by atomic mass is 15.0. The van der Waals surface area contributed by atoms with Gasteiger partial charge in [-0.2, -0.15) is 0 Å². The summed E-state index contributed by atoms with van der Waals surface area (Å²) >= 11 is 0. The van der Waals surface area contributed by atoms with Crippen molar-refractivity contribution in [2.24, 2.45) is 11.8 Å². The van der Waals surface area contributed by atoms with Gasteiger partial charge in [0.05, 0.1) is 0 Å². The molecule has 1 heteroatoms. The second-order valence-corrected chi connectivity index (χ2v) is 7.09. The Kier molecular flexibility index (Phi) is 3.55. The van der Waals surface area contributed by atoms with Crippen LogP contribution in [0, 0.1) is 11.8 Å². The summed E-state index contributed by atoms with van der Waals surface area (Å²) in [7, 11) is 0. The Labute approximate surface area is 112 Å². The molecule has 1 nitrogen and oxygen atoms in total. The first kappa shape index (κ1) is 13.6. The second-order valence-electron chi connectivity index (χ2n) is 7.09. The highest BCUT2D eigenvalue weighted by molar-refractivity contribution is 5.34. The van der Waals surface area contributed by atoms with Crippen LogP contribution in [0.15, 0.2) is 30.3 Å². The Hall–Kier alpha value is -0.820. The summed E-state index contributed by atoms with van der Waals surface area (Å²) in [5, 5.41) is 3.66. The number of rotatable bonds is 4. The molecule has 0 heterocycles. The number of benzene rings is 1. The fourth-order valence-electron chi connectivity index (χ4n) is 3.17. The van der Waals surface area contributed by atoms with E-state index in [1.54, 1.807) is 0 Å². The molecule has 0 spiro atoms. The van der Waals surface area contributed by atoms with E-state index in [2.05, 4.69) is 70.3 Å². The van der Waals surface area contributed by atoms with Crippen LogP contribution in [-0.2, 0) is 5.41 Å². The molecule has 1 aliphatic rings. The molecule has 100 valence electrons. The maximum absolute atomic E-state index is 3.66. The summed E-state index contributed by atoms with van der Waals surface area (Å²) in [5.74, 6) is 1.51. The Balaban J connectivity index is 2.09. The molecular formula is C17H27N. The fraction of sp³-hybridized carbons (Fsp3) is 0.647. The molecular weight excluding hydrogens is 218 g/mol. The van der Waals surface area contributed by atoms with Crippen LogP contribution < -0.4 is 5.32 Å². The predicted octanol–water partition coefficient (Wildman–Crippen LogP) is 3.99. The molecule has 1 N–H and O–H groups in total. The average molecular weight is 245 g/mol. The van der Waals surface area contributed by atoms with Gasteiger partial charge in [0, 0.05) is 11.0 Å². The maximum atomic E-state index is 3.66. The van der Waals surface area contributed by atoms with Crippen molar-refractivity contribution in [3.63, 3.8) is 0 Å². The average Bonchev–Trinajstić information content (AvgIpc) is 3.02. The van der Waals surface area contributed by atoms with E-state index in [-0.39, 0.29) is 5.54 Å². The summed E-state index contributed by atoms with van der Waals surface area (Å²) in [5.41, 5.74) is 2.17. The van der Waals surface area contributed by atoms with Gasteiger partial charge in [-0.15, -0.1) is 0 Å². The van der Waals surface area contributed by atoms with Gasteiger partial charge in [-0.25, -0.2) is 0 Å². The summed E-state index contributed by atoms with van der Waals surface area (Å²) in [4.78, 5) is 0. The molecule has 1 saturated carbocycles. The number of hydrogen-bond donors (Lipinski definition) is 1. The van der Waals surface area contributed by atoms with Crippen molar-refractivity contribution < 1.29 is 0 Å². The van der Waals surface area contributed by atoms with Crippen LogP contribution in [0.5, 0.6) is 0 Å². The summed E-state index contributed by atoms with van der Waals surface area (Å²) in [6.07, 6.45) is 1.33. The molecule has 1 aromatic rings. The highest BCUT2D eigenvalue weighted by Crippen LogP contribution is 2.58. The lowest BCUT2D eigenvalue weighted by Crippen LogP contribution is -2.38. The van der Waals surface area contributed by atoms with Crippen LogP contribution in [0.1, 0.15) is 46.6 Å². The van der Waals surface area contributed by atoms with E-state index in [1.165, 1.54) is 12.0 Å². The first-order valence-corrected chi connectivity index (χ1v) is 7.17. The van der Waals surface area contributed by atoms with Crippen molar-refractivity contribution in [2.75, 3.05) is 6.54 Å². The van der Waals surface area contributed by atoms with Gasteiger partial charge in [-0.1, -0.05) is 44.2 Å². The predicted molar refractivity (Wildman–Crippen MR) is 78.8 cm³/mol. The largest absolute Gasteiger partial charge is 0.312 e. The maximum Gasteiger partial charge on any atom is 0.00966 e. The van der Waals surface area contributed by atoms with E-state index in [1.807, 2.05) is 0 Å². The van der Waals surface area contributed by atoms with Gasteiger partial charge >= 0.3 is 0 Å². The summed E-state index contributed by atoms with van der Waals surface area (Å²) < 4.78 is 0. The summed E-state index contributed by atoms with van der Waals surface area (Å²) in [6.45, 7) is 12.6. The Morgan fingerprint density at radius 3 is 2.33 bits per heavy atom. The molecule has 1 aliphatic carbocycles. The molecule has 1 aromatic carbocycles. The minimum absolute atomic E-state index is 0.224. The Morgan fingerprint density at radius 1 is 1.22 bits per heavy atom. The molecule has 0 amide bonds. The molecule has 2 atom stereocenters. The molecule has 2 unspecified atom stereocenters. The SMILES string of the molecule is CC(C)C1(c2ccccc2)CC1CNC(C)(C)C. The second kappa shape index (κ2) is 4.70. The minimum atomic E-state index is 0.224. The zero-order chi connectivity index (χ0) is 13.4. The number of nitrogens with one attached hydrogen (secondary N) is 1. The van der Waals surface area contributed by atoms with Gasteiger partial charge in [-0.05, 0) is 51.1 Å².